The lowest BCUT2D eigenvalue weighted by molar-refractivity contribution is 0.102. The first kappa shape index (κ1) is 23.3. The first-order valence-corrected chi connectivity index (χ1v) is 12.3. The summed E-state index contributed by atoms with van der Waals surface area (Å²) in [5, 5.41) is 13.1. The Morgan fingerprint density at radius 3 is 2.38 bits per heavy atom. The van der Waals surface area contributed by atoms with Gasteiger partial charge in [0.2, 0.25) is 0 Å². The number of benzene rings is 3. The normalized spacial score (nSPS) is 11.5. The fourth-order valence-electron chi connectivity index (χ4n) is 3.71. The van der Waals surface area contributed by atoms with Gasteiger partial charge in [-0.25, -0.2) is 8.42 Å². The Kier molecular flexibility index (Phi) is 6.01. The van der Waals surface area contributed by atoms with Crippen LogP contribution in [0.2, 0.25) is 0 Å². The Morgan fingerprint density at radius 1 is 1.00 bits per heavy atom. The van der Waals surface area contributed by atoms with Crippen LogP contribution in [-0.4, -0.2) is 25.2 Å². The topological polar surface area (TPSA) is 114 Å². The smallest absolute Gasteiger partial charge is 0.255 e. The SMILES string of the molecule is CCS(=O)(=O)c1ccc(O)c(NC(=O)c2ccc(-c3cc(=O)c4cc(C)cc(C)c4o3)cc2)c1. The van der Waals surface area contributed by atoms with Crippen LogP contribution in [-0.2, 0) is 9.84 Å². The summed E-state index contributed by atoms with van der Waals surface area (Å²) in [4.78, 5) is 25.3. The quantitative estimate of drug-likeness (QED) is 0.398. The van der Waals surface area contributed by atoms with E-state index in [0.717, 1.165) is 11.1 Å². The number of hydrogen-bond donors (Lipinski definition) is 2. The van der Waals surface area contributed by atoms with Gasteiger partial charge in [0.15, 0.2) is 15.3 Å². The summed E-state index contributed by atoms with van der Waals surface area (Å²) in [5.41, 5.74) is 3.10. The Bertz CT molecular complexity index is 1580. The molecular weight excluding hydrogens is 454 g/mol. The second kappa shape index (κ2) is 8.79. The summed E-state index contributed by atoms with van der Waals surface area (Å²) >= 11 is 0. The third-order valence-electron chi connectivity index (χ3n) is 5.55. The monoisotopic (exact) mass is 477 g/mol. The fourth-order valence-corrected chi connectivity index (χ4v) is 4.61. The van der Waals surface area contributed by atoms with Crippen LogP contribution < -0.4 is 10.7 Å². The van der Waals surface area contributed by atoms with E-state index in [1.54, 1.807) is 30.3 Å². The number of amides is 1. The largest absolute Gasteiger partial charge is 0.506 e. The van der Waals surface area contributed by atoms with Gasteiger partial charge in [0, 0.05) is 17.2 Å². The minimum atomic E-state index is -3.50. The van der Waals surface area contributed by atoms with Gasteiger partial charge in [0.25, 0.3) is 5.91 Å². The number of hydrogen-bond acceptors (Lipinski definition) is 6. The maximum absolute atomic E-state index is 12.7. The number of sulfone groups is 1. The van der Waals surface area contributed by atoms with Crippen LogP contribution >= 0.6 is 0 Å². The summed E-state index contributed by atoms with van der Waals surface area (Å²) in [5.74, 6) is -0.495. The first-order chi connectivity index (χ1) is 16.1. The van der Waals surface area contributed by atoms with Crippen LogP contribution in [0.25, 0.3) is 22.3 Å². The van der Waals surface area contributed by atoms with Gasteiger partial charge in [-0.1, -0.05) is 25.1 Å². The molecule has 34 heavy (non-hydrogen) atoms. The summed E-state index contributed by atoms with van der Waals surface area (Å²) < 4.78 is 30.2. The highest BCUT2D eigenvalue weighted by atomic mass is 32.2. The number of phenolic OH excluding ortho intramolecular Hbond substituents is 1. The molecule has 7 nitrogen and oxygen atoms in total. The Labute approximate surface area is 196 Å². The highest BCUT2D eigenvalue weighted by Gasteiger charge is 2.16. The van der Waals surface area contributed by atoms with Gasteiger partial charge in [-0.2, -0.15) is 0 Å². The average Bonchev–Trinajstić information content (AvgIpc) is 2.81. The number of rotatable bonds is 5. The lowest BCUT2D eigenvalue weighted by Crippen LogP contribution is -2.13. The summed E-state index contributed by atoms with van der Waals surface area (Å²) in [6.07, 6.45) is 0. The standard InChI is InChI=1S/C26H23NO6S/c1-4-34(31,32)19-9-10-22(28)21(13-19)27-26(30)18-7-5-17(6-8-18)24-14-23(29)20-12-15(2)11-16(3)25(20)33-24/h5-14,28H,4H2,1-3H3,(H,27,30). The van der Waals surface area contributed by atoms with Crippen LogP contribution in [0.5, 0.6) is 5.75 Å². The molecule has 0 saturated carbocycles. The van der Waals surface area contributed by atoms with Crippen molar-refractivity contribution in [2.75, 3.05) is 11.1 Å². The van der Waals surface area contributed by atoms with Gasteiger partial charge in [0.05, 0.1) is 21.7 Å². The van der Waals surface area contributed by atoms with Gasteiger partial charge in [0.1, 0.15) is 17.1 Å². The molecular formula is C26H23NO6S. The lowest BCUT2D eigenvalue weighted by Gasteiger charge is -2.10. The molecule has 0 bridgehead atoms. The van der Waals surface area contributed by atoms with Crippen molar-refractivity contribution in [1.29, 1.82) is 0 Å². The van der Waals surface area contributed by atoms with E-state index in [-0.39, 0.29) is 33.1 Å². The molecule has 0 radical (unpaired) electrons. The Morgan fingerprint density at radius 2 is 1.71 bits per heavy atom. The van der Waals surface area contributed by atoms with Crippen molar-refractivity contribution in [3.8, 4) is 17.1 Å². The van der Waals surface area contributed by atoms with E-state index in [9.17, 15) is 23.1 Å². The van der Waals surface area contributed by atoms with E-state index >= 15 is 0 Å². The second-order valence-electron chi connectivity index (χ2n) is 8.05. The molecule has 0 atom stereocenters. The van der Waals surface area contributed by atoms with Crippen LogP contribution in [0.4, 0.5) is 5.69 Å². The molecule has 4 rings (SSSR count). The second-order valence-corrected chi connectivity index (χ2v) is 10.3. The molecule has 0 aliphatic heterocycles. The van der Waals surface area contributed by atoms with E-state index in [0.29, 0.717) is 22.3 Å². The zero-order chi connectivity index (χ0) is 24.6. The highest BCUT2D eigenvalue weighted by molar-refractivity contribution is 7.91. The number of anilines is 1. The van der Waals surface area contributed by atoms with Crippen LogP contribution in [0.1, 0.15) is 28.4 Å². The molecule has 2 N–H and O–H groups in total. The Hall–Kier alpha value is -3.91. The minimum absolute atomic E-state index is 0.00473. The van der Waals surface area contributed by atoms with Gasteiger partial charge < -0.3 is 14.8 Å². The molecule has 1 heterocycles. The predicted octanol–water partition coefficient (Wildman–Crippen LogP) is 4.83. The van der Waals surface area contributed by atoms with Crippen molar-refractivity contribution in [1.82, 2.24) is 0 Å². The average molecular weight is 478 g/mol. The van der Waals surface area contributed by atoms with E-state index in [1.807, 2.05) is 19.9 Å². The van der Waals surface area contributed by atoms with Crippen molar-refractivity contribution >= 4 is 32.4 Å². The van der Waals surface area contributed by atoms with E-state index in [2.05, 4.69) is 5.32 Å². The molecule has 0 fully saturated rings. The van der Waals surface area contributed by atoms with Gasteiger partial charge >= 0.3 is 0 Å². The van der Waals surface area contributed by atoms with Crippen molar-refractivity contribution in [2.24, 2.45) is 0 Å². The number of carbonyl (C=O) groups is 1. The van der Waals surface area contributed by atoms with Crippen molar-refractivity contribution in [3.63, 3.8) is 0 Å². The molecule has 4 aromatic rings. The molecule has 174 valence electrons. The van der Waals surface area contributed by atoms with Gasteiger partial charge in [-0.3, -0.25) is 9.59 Å². The summed E-state index contributed by atoms with van der Waals surface area (Å²) in [6.45, 7) is 5.32. The molecule has 0 spiro atoms. The van der Waals surface area contributed by atoms with E-state index < -0.39 is 15.7 Å². The van der Waals surface area contributed by atoms with Crippen molar-refractivity contribution < 1.29 is 22.7 Å². The van der Waals surface area contributed by atoms with Crippen LogP contribution in [0, 0.1) is 13.8 Å². The Balaban J connectivity index is 1.62. The molecule has 8 heteroatoms. The van der Waals surface area contributed by atoms with Crippen LogP contribution in [0.3, 0.4) is 0 Å². The summed E-state index contributed by atoms with van der Waals surface area (Å²) in [6, 6.07) is 15.3. The number of phenols is 1. The summed E-state index contributed by atoms with van der Waals surface area (Å²) in [7, 11) is -3.50. The zero-order valence-electron chi connectivity index (χ0n) is 18.9. The van der Waals surface area contributed by atoms with Gasteiger partial charge in [-0.05, 0) is 61.4 Å². The number of carbonyl (C=O) groups excluding carboxylic acids is 1. The van der Waals surface area contributed by atoms with Crippen molar-refractivity contribution in [3.05, 3.63) is 87.6 Å². The molecule has 3 aromatic carbocycles. The maximum Gasteiger partial charge on any atom is 0.255 e. The molecule has 0 aliphatic rings. The van der Waals surface area contributed by atoms with E-state index in [4.69, 9.17) is 4.42 Å². The number of fused-ring (bicyclic) bond motifs is 1. The van der Waals surface area contributed by atoms with Crippen LogP contribution in [0.15, 0.2) is 74.8 Å². The first-order valence-electron chi connectivity index (χ1n) is 10.6. The number of aryl methyl sites for hydroxylation is 2. The molecule has 1 aromatic heterocycles. The zero-order valence-corrected chi connectivity index (χ0v) is 19.7. The lowest BCUT2D eigenvalue weighted by atomic mass is 10.1. The molecule has 0 saturated heterocycles. The molecule has 0 aliphatic carbocycles. The van der Waals surface area contributed by atoms with Crippen molar-refractivity contribution in [2.45, 2.75) is 25.7 Å². The molecule has 1 amide bonds. The minimum Gasteiger partial charge on any atom is -0.506 e. The number of aromatic hydroxyl groups is 1. The third kappa shape index (κ3) is 4.45. The maximum atomic E-state index is 12.7. The number of nitrogens with one attached hydrogen (secondary N) is 1. The molecule has 0 unspecified atom stereocenters. The fraction of sp³-hybridized carbons (Fsp3) is 0.154. The predicted molar refractivity (Wildman–Crippen MR) is 131 cm³/mol. The third-order valence-corrected chi connectivity index (χ3v) is 7.28. The van der Waals surface area contributed by atoms with Gasteiger partial charge in [-0.15, -0.1) is 0 Å². The highest BCUT2D eigenvalue weighted by Crippen LogP contribution is 2.28. The van der Waals surface area contributed by atoms with E-state index in [1.165, 1.54) is 31.2 Å².